The van der Waals surface area contributed by atoms with E-state index in [1.54, 1.807) is 19.9 Å². The number of nitrogens with zero attached hydrogens (tertiary/aromatic N) is 1. The monoisotopic (exact) mass is 470 g/mol. The molecule has 2 aromatic rings. The highest BCUT2D eigenvalue weighted by atomic mass is 35.5. The summed E-state index contributed by atoms with van der Waals surface area (Å²) in [4.78, 5) is 38.9. The quantitative estimate of drug-likeness (QED) is 0.623. The first-order valence-corrected chi connectivity index (χ1v) is 11.4. The van der Waals surface area contributed by atoms with Gasteiger partial charge in [0.15, 0.2) is 0 Å². The summed E-state index contributed by atoms with van der Waals surface area (Å²) in [6, 6.07) is 13.8. The molecule has 33 heavy (non-hydrogen) atoms. The Bertz CT molecular complexity index is 1050. The van der Waals surface area contributed by atoms with Crippen molar-refractivity contribution in [3.8, 4) is 0 Å². The summed E-state index contributed by atoms with van der Waals surface area (Å²) in [7, 11) is 0. The summed E-state index contributed by atoms with van der Waals surface area (Å²) in [5, 5.41) is 12.7. The van der Waals surface area contributed by atoms with E-state index < -0.39 is 17.4 Å². The highest BCUT2D eigenvalue weighted by Gasteiger charge is 2.39. The molecule has 176 valence electrons. The van der Waals surface area contributed by atoms with Gasteiger partial charge in [-0.15, -0.1) is 0 Å². The Hall–Kier alpha value is -2.86. The average molecular weight is 471 g/mol. The molecule has 7 heteroatoms. The van der Waals surface area contributed by atoms with Crippen LogP contribution in [0, 0.1) is 5.41 Å². The fourth-order valence-corrected chi connectivity index (χ4v) is 4.72. The topological polar surface area (TPSA) is 86.7 Å². The van der Waals surface area contributed by atoms with Gasteiger partial charge in [0, 0.05) is 35.6 Å². The number of benzene rings is 2. The SMILES string of the molecule is CC(C)(CC(=O)N1CCC(c2ccc(Cl)cc2)C(C)(C)C1)NC(=O)c1cccc(C(=O)O)c1. The van der Waals surface area contributed by atoms with Crippen molar-refractivity contribution in [3.63, 3.8) is 0 Å². The maximum atomic E-state index is 13.1. The van der Waals surface area contributed by atoms with Gasteiger partial charge in [-0.1, -0.05) is 43.6 Å². The lowest BCUT2D eigenvalue weighted by molar-refractivity contribution is -0.136. The van der Waals surface area contributed by atoms with Crippen molar-refractivity contribution in [2.24, 2.45) is 5.41 Å². The zero-order chi connectivity index (χ0) is 24.4. The summed E-state index contributed by atoms with van der Waals surface area (Å²) in [5.41, 5.74) is 0.632. The van der Waals surface area contributed by atoms with Gasteiger partial charge in [0.25, 0.3) is 5.91 Å². The minimum Gasteiger partial charge on any atom is -0.478 e. The Kier molecular flexibility index (Phi) is 7.17. The predicted molar refractivity (Wildman–Crippen MR) is 129 cm³/mol. The van der Waals surface area contributed by atoms with Gasteiger partial charge in [0.05, 0.1) is 5.56 Å². The molecule has 1 unspecified atom stereocenters. The Morgan fingerprint density at radius 3 is 2.36 bits per heavy atom. The predicted octanol–water partition coefficient (Wildman–Crippen LogP) is 4.98. The fourth-order valence-electron chi connectivity index (χ4n) is 4.59. The molecule has 3 rings (SSSR count). The van der Waals surface area contributed by atoms with Crippen LogP contribution in [0.2, 0.25) is 5.02 Å². The zero-order valence-electron chi connectivity index (χ0n) is 19.5. The minimum absolute atomic E-state index is 0.0118. The van der Waals surface area contributed by atoms with Crippen LogP contribution < -0.4 is 5.32 Å². The number of carbonyl (C=O) groups excluding carboxylic acids is 2. The van der Waals surface area contributed by atoms with Crippen LogP contribution in [-0.2, 0) is 4.79 Å². The second-order valence-corrected chi connectivity index (χ2v) is 10.5. The van der Waals surface area contributed by atoms with E-state index in [2.05, 4.69) is 31.3 Å². The summed E-state index contributed by atoms with van der Waals surface area (Å²) in [6.45, 7) is 9.23. The molecule has 0 bridgehead atoms. The third kappa shape index (κ3) is 6.14. The summed E-state index contributed by atoms with van der Waals surface area (Å²) >= 11 is 6.04. The number of rotatable bonds is 6. The molecule has 1 fully saturated rings. The fraction of sp³-hybridized carbons (Fsp3) is 0.423. The molecule has 0 saturated carbocycles. The number of aromatic carboxylic acids is 1. The molecule has 0 aliphatic carbocycles. The first kappa shape index (κ1) is 24.8. The number of amides is 2. The van der Waals surface area contributed by atoms with Crippen molar-refractivity contribution in [2.75, 3.05) is 13.1 Å². The van der Waals surface area contributed by atoms with Gasteiger partial charge in [-0.25, -0.2) is 4.79 Å². The molecule has 2 amide bonds. The normalized spacial score (nSPS) is 18.0. The number of carboxylic acid groups (broad SMARTS) is 1. The lowest BCUT2D eigenvalue weighted by Crippen LogP contribution is -2.51. The Morgan fingerprint density at radius 2 is 1.76 bits per heavy atom. The maximum absolute atomic E-state index is 13.1. The molecule has 0 aromatic heterocycles. The molecule has 1 heterocycles. The molecule has 0 spiro atoms. The number of halogens is 1. The van der Waals surface area contributed by atoms with Crippen LogP contribution in [0.25, 0.3) is 0 Å². The van der Waals surface area contributed by atoms with Gasteiger partial charge in [-0.2, -0.15) is 0 Å². The molecular formula is C26H31ClN2O4. The van der Waals surface area contributed by atoms with Crippen molar-refractivity contribution in [3.05, 3.63) is 70.2 Å². The van der Waals surface area contributed by atoms with Crippen LogP contribution in [0.3, 0.4) is 0 Å². The number of hydrogen-bond donors (Lipinski definition) is 2. The summed E-state index contributed by atoms with van der Waals surface area (Å²) < 4.78 is 0. The van der Waals surface area contributed by atoms with E-state index in [-0.39, 0.29) is 28.9 Å². The third-order valence-electron chi connectivity index (χ3n) is 6.27. The molecule has 2 aromatic carbocycles. The van der Waals surface area contributed by atoms with E-state index in [9.17, 15) is 14.4 Å². The van der Waals surface area contributed by atoms with Gasteiger partial charge in [0.2, 0.25) is 5.91 Å². The lowest BCUT2D eigenvalue weighted by Gasteiger charge is -2.45. The van der Waals surface area contributed by atoms with Crippen LogP contribution >= 0.6 is 11.6 Å². The smallest absolute Gasteiger partial charge is 0.335 e. The van der Waals surface area contributed by atoms with Gasteiger partial charge in [-0.3, -0.25) is 9.59 Å². The van der Waals surface area contributed by atoms with Crippen LogP contribution in [0.4, 0.5) is 0 Å². The molecule has 1 aliphatic heterocycles. The third-order valence-corrected chi connectivity index (χ3v) is 6.52. The van der Waals surface area contributed by atoms with Crippen LogP contribution in [-0.4, -0.2) is 46.4 Å². The maximum Gasteiger partial charge on any atom is 0.335 e. The van der Waals surface area contributed by atoms with E-state index in [1.165, 1.54) is 23.8 Å². The second-order valence-electron chi connectivity index (χ2n) is 10.1. The number of nitrogens with one attached hydrogen (secondary N) is 1. The summed E-state index contributed by atoms with van der Waals surface area (Å²) in [5.74, 6) is -1.18. The largest absolute Gasteiger partial charge is 0.478 e. The van der Waals surface area contributed by atoms with E-state index in [1.807, 2.05) is 17.0 Å². The molecule has 0 radical (unpaired) electrons. The molecule has 1 saturated heterocycles. The van der Waals surface area contributed by atoms with Crippen molar-refractivity contribution >= 4 is 29.4 Å². The Morgan fingerprint density at radius 1 is 1.12 bits per heavy atom. The van der Waals surface area contributed by atoms with Crippen LogP contribution in [0.5, 0.6) is 0 Å². The van der Waals surface area contributed by atoms with E-state index in [4.69, 9.17) is 16.7 Å². The number of carbonyl (C=O) groups is 3. The van der Waals surface area contributed by atoms with E-state index in [0.717, 1.165) is 6.42 Å². The molecule has 6 nitrogen and oxygen atoms in total. The lowest BCUT2D eigenvalue weighted by atomic mass is 9.70. The number of likely N-dealkylation sites (tertiary alicyclic amines) is 1. The van der Waals surface area contributed by atoms with Crippen LogP contribution in [0.1, 0.15) is 72.7 Å². The highest BCUT2D eigenvalue weighted by Crippen LogP contribution is 2.42. The second kappa shape index (κ2) is 9.56. The molecule has 1 atom stereocenters. The number of piperidine rings is 1. The van der Waals surface area contributed by atoms with Crippen molar-refractivity contribution in [1.29, 1.82) is 0 Å². The van der Waals surface area contributed by atoms with Crippen molar-refractivity contribution < 1.29 is 19.5 Å². The number of carboxylic acids is 1. The van der Waals surface area contributed by atoms with Crippen LogP contribution in [0.15, 0.2) is 48.5 Å². The first-order valence-electron chi connectivity index (χ1n) is 11.1. The average Bonchev–Trinajstić information content (AvgIpc) is 2.73. The van der Waals surface area contributed by atoms with Gasteiger partial charge in [0.1, 0.15) is 0 Å². The van der Waals surface area contributed by atoms with E-state index >= 15 is 0 Å². The Balaban J connectivity index is 1.63. The zero-order valence-corrected chi connectivity index (χ0v) is 20.3. The molecule has 2 N–H and O–H groups in total. The first-order chi connectivity index (χ1) is 15.4. The van der Waals surface area contributed by atoms with E-state index in [0.29, 0.717) is 24.0 Å². The Labute approximate surface area is 199 Å². The van der Waals surface area contributed by atoms with Crippen molar-refractivity contribution in [1.82, 2.24) is 10.2 Å². The summed E-state index contributed by atoms with van der Waals surface area (Å²) in [6.07, 6.45) is 1.01. The van der Waals surface area contributed by atoms with Gasteiger partial charge in [-0.05, 0) is 67.5 Å². The van der Waals surface area contributed by atoms with Gasteiger partial charge < -0.3 is 15.3 Å². The number of hydrogen-bond acceptors (Lipinski definition) is 3. The highest BCUT2D eigenvalue weighted by molar-refractivity contribution is 6.30. The standard InChI is InChI=1S/C26H31ClN2O4/c1-25(2)16-29(13-12-21(25)17-8-10-20(27)11-9-17)22(30)15-26(3,4)28-23(31)18-6-5-7-19(14-18)24(32)33/h5-11,14,21H,12-13,15-16H2,1-4H3,(H,28,31)(H,32,33). The van der Waals surface area contributed by atoms with Crippen molar-refractivity contribution in [2.45, 2.75) is 52.0 Å². The molecular weight excluding hydrogens is 440 g/mol. The minimum atomic E-state index is -1.09. The van der Waals surface area contributed by atoms with Gasteiger partial charge >= 0.3 is 5.97 Å². The molecule has 1 aliphatic rings.